The lowest BCUT2D eigenvalue weighted by atomic mass is 9.85. The average molecular weight is 394 g/mol. The molecule has 5 rings (SSSR count). The predicted octanol–water partition coefficient (Wildman–Crippen LogP) is 3.87. The Kier molecular flexibility index (Phi) is 3.88. The number of imide groups is 1. The van der Waals surface area contributed by atoms with Crippen molar-refractivity contribution in [2.24, 2.45) is 23.7 Å². The van der Waals surface area contributed by atoms with Gasteiger partial charge in [-0.2, -0.15) is 0 Å². The summed E-state index contributed by atoms with van der Waals surface area (Å²) in [6.07, 6.45) is 5.03. The zero-order chi connectivity index (χ0) is 19.4. The Morgan fingerprint density at radius 1 is 0.893 bits per heavy atom. The third kappa shape index (κ3) is 2.58. The highest BCUT2D eigenvalue weighted by molar-refractivity contribution is 6.30. The lowest BCUT2D eigenvalue weighted by molar-refractivity contribution is -0.123. The van der Waals surface area contributed by atoms with Crippen LogP contribution >= 0.6 is 11.6 Å². The van der Waals surface area contributed by atoms with E-state index in [1.165, 1.54) is 4.90 Å². The van der Waals surface area contributed by atoms with Crippen LogP contribution in [0.15, 0.2) is 60.7 Å². The van der Waals surface area contributed by atoms with Crippen LogP contribution in [0.1, 0.15) is 16.8 Å². The molecule has 6 heteroatoms. The monoisotopic (exact) mass is 393 g/mol. The van der Waals surface area contributed by atoms with Crippen molar-refractivity contribution in [3.05, 3.63) is 71.3 Å². The van der Waals surface area contributed by atoms with Crippen LogP contribution in [0.4, 0.5) is 5.69 Å². The number of benzene rings is 2. The van der Waals surface area contributed by atoms with E-state index in [1.54, 1.807) is 48.5 Å². The second-order valence-electron chi connectivity index (χ2n) is 7.40. The second kappa shape index (κ2) is 6.31. The molecule has 2 aliphatic carbocycles. The predicted molar refractivity (Wildman–Crippen MR) is 103 cm³/mol. The van der Waals surface area contributed by atoms with E-state index in [2.05, 4.69) is 12.2 Å². The number of allylic oxidation sites excluding steroid dienone is 2. The van der Waals surface area contributed by atoms with Crippen LogP contribution in [0.25, 0.3) is 0 Å². The van der Waals surface area contributed by atoms with Gasteiger partial charge >= 0.3 is 5.97 Å². The Balaban J connectivity index is 1.34. The van der Waals surface area contributed by atoms with Crippen LogP contribution < -0.4 is 9.64 Å². The molecule has 4 atom stereocenters. The van der Waals surface area contributed by atoms with Gasteiger partial charge in [0.15, 0.2) is 0 Å². The van der Waals surface area contributed by atoms with Crippen molar-refractivity contribution >= 4 is 35.1 Å². The Labute approximate surface area is 166 Å². The highest BCUT2D eigenvalue weighted by Gasteiger charge is 2.59. The van der Waals surface area contributed by atoms with Crippen molar-refractivity contribution in [1.29, 1.82) is 0 Å². The Morgan fingerprint density at radius 3 is 2.04 bits per heavy atom. The summed E-state index contributed by atoms with van der Waals surface area (Å²) in [7, 11) is 0. The Morgan fingerprint density at radius 2 is 1.46 bits per heavy atom. The van der Waals surface area contributed by atoms with Gasteiger partial charge in [0.1, 0.15) is 5.75 Å². The standard InChI is InChI=1S/C22H16ClNO4/c23-15-5-9-17(10-6-15)28-22(27)12-3-7-16(8-4-12)24-20(25)18-13-1-2-14(11-13)19(18)21(24)26/h1-10,13-14,18-19H,11H2/t13-,14-,18-,19-/m0/s1. The lowest BCUT2D eigenvalue weighted by Crippen LogP contribution is -2.32. The molecule has 0 aromatic heterocycles. The molecule has 0 spiro atoms. The maximum atomic E-state index is 12.8. The maximum absolute atomic E-state index is 12.8. The molecule has 1 saturated carbocycles. The molecule has 2 bridgehead atoms. The first-order valence-electron chi connectivity index (χ1n) is 9.17. The van der Waals surface area contributed by atoms with Gasteiger partial charge in [-0.1, -0.05) is 23.8 Å². The molecule has 2 amide bonds. The number of fused-ring (bicyclic) bond motifs is 5. The zero-order valence-electron chi connectivity index (χ0n) is 14.7. The van der Waals surface area contributed by atoms with E-state index < -0.39 is 5.97 Å². The highest BCUT2D eigenvalue weighted by atomic mass is 35.5. The number of esters is 1. The molecule has 3 aliphatic rings. The molecule has 140 valence electrons. The molecule has 1 saturated heterocycles. The average Bonchev–Trinajstić information content (AvgIpc) is 3.38. The first-order valence-corrected chi connectivity index (χ1v) is 9.54. The molecule has 28 heavy (non-hydrogen) atoms. The Bertz CT molecular complexity index is 982. The zero-order valence-corrected chi connectivity index (χ0v) is 15.5. The number of anilines is 1. The van der Waals surface area contributed by atoms with E-state index in [-0.39, 0.29) is 35.5 Å². The summed E-state index contributed by atoms with van der Waals surface area (Å²) in [6, 6.07) is 12.8. The highest BCUT2D eigenvalue weighted by Crippen LogP contribution is 2.53. The van der Waals surface area contributed by atoms with Gasteiger partial charge in [-0.15, -0.1) is 0 Å². The van der Waals surface area contributed by atoms with Crippen molar-refractivity contribution in [2.75, 3.05) is 4.90 Å². The third-order valence-electron chi connectivity index (χ3n) is 5.86. The van der Waals surface area contributed by atoms with Gasteiger partial charge in [0.25, 0.3) is 0 Å². The summed E-state index contributed by atoms with van der Waals surface area (Å²) in [6.45, 7) is 0. The van der Waals surface area contributed by atoms with Crippen LogP contribution in [0.5, 0.6) is 5.75 Å². The fourth-order valence-corrected chi connectivity index (χ4v) is 4.70. The maximum Gasteiger partial charge on any atom is 0.343 e. The number of amides is 2. The van der Waals surface area contributed by atoms with Crippen molar-refractivity contribution in [3.8, 4) is 5.75 Å². The smallest absolute Gasteiger partial charge is 0.343 e. The quantitative estimate of drug-likeness (QED) is 0.343. The third-order valence-corrected chi connectivity index (χ3v) is 6.11. The molecular weight excluding hydrogens is 378 g/mol. The summed E-state index contributed by atoms with van der Waals surface area (Å²) in [4.78, 5) is 39.3. The van der Waals surface area contributed by atoms with Gasteiger partial charge in [-0.25, -0.2) is 4.79 Å². The van der Waals surface area contributed by atoms with Gasteiger partial charge in [0, 0.05) is 5.02 Å². The molecule has 1 aliphatic heterocycles. The number of hydrogen-bond donors (Lipinski definition) is 0. The molecule has 2 fully saturated rings. The summed E-state index contributed by atoms with van der Waals surface area (Å²) in [5, 5.41) is 0.553. The molecule has 1 heterocycles. The summed E-state index contributed by atoms with van der Waals surface area (Å²) >= 11 is 5.82. The molecular formula is C22H16ClNO4. The minimum atomic E-state index is -0.521. The molecule has 0 radical (unpaired) electrons. The number of hydrogen-bond acceptors (Lipinski definition) is 4. The van der Waals surface area contributed by atoms with Crippen LogP contribution in [0, 0.1) is 23.7 Å². The van der Waals surface area contributed by atoms with E-state index in [9.17, 15) is 14.4 Å². The van der Waals surface area contributed by atoms with E-state index in [4.69, 9.17) is 16.3 Å². The first kappa shape index (κ1) is 17.2. The van der Waals surface area contributed by atoms with E-state index in [0.29, 0.717) is 22.0 Å². The van der Waals surface area contributed by atoms with Crippen molar-refractivity contribution in [3.63, 3.8) is 0 Å². The molecule has 5 nitrogen and oxygen atoms in total. The topological polar surface area (TPSA) is 63.7 Å². The molecule has 0 N–H and O–H groups in total. The van der Waals surface area contributed by atoms with Crippen molar-refractivity contribution in [1.82, 2.24) is 0 Å². The van der Waals surface area contributed by atoms with Crippen LogP contribution in [0.3, 0.4) is 0 Å². The van der Waals surface area contributed by atoms with E-state index >= 15 is 0 Å². The van der Waals surface area contributed by atoms with Crippen molar-refractivity contribution < 1.29 is 19.1 Å². The number of ether oxygens (including phenoxy) is 1. The normalized spacial score (nSPS) is 27.4. The SMILES string of the molecule is O=C(Oc1ccc(Cl)cc1)c1ccc(N2C(=O)[C@@H]3[C@@H](C2=O)[C@H]2C=C[C@H]3C2)cc1. The number of nitrogens with zero attached hydrogens (tertiary/aromatic N) is 1. The minimum Gasteiger partial charge on any atom is -0.423 e. The van der Waals surface area contributed by atoms with Gasteiger partial charge in [0.2, 0.25) is 11.8 Å². The lowest BCUT2D eigenvalue weighted by Gasteiger charge is -2.17. The summed E-state index contributed by atoms with van der Waals surface area (Å²) in [5.74, 6) is -0.540. The first-order chi connectivity index (χ1) is 13.5. The van der Waals surface area contributed by atoms with Gasteiger partial charge in [-0.3, -0.25) is 14.5 Å². The van der Waals surface area contributed by atoms with Crippen LogP contribution in [-0.2, 0) is 9.59 Å². The second-order valence-corrected chi connectivity index (χ2v) is 7.84. The van der Waals surface area contributed by atoms with E-state index in [0.717, 1.165) is 6.42 Å². The van der Waals surface area contributed by atoms with Gasteiger partial charge < -0.3 is 4.74 Å². The van der Waals surface area contributed by atoms with Gasteiger partial charge in [0.05, 0.1) is 23.1 Å². The molecule has 2 aromatic carbocycles. The molecule has 2 aromatic rings. The number of carbonyl (C=O) groups is 3. The van der Waals surface area contributed by atoms with Crippen LogP contribution in [-0.4, -0.2) is 17.8 Å². The number of rotatable bonds is 3. The van der Waals surface area contributed by atoms with E-state index in [1.807, 2.05) is 0 Å². The fourth-order valence-electron chi connectivity index (χ4n) is 4.57. The summed E-state index contributed by atoms with van der Waals surface area (Å²) < 4.78 is 5.31. The van der Waals surface area contributed by atoms with Gasteiger partial charge in [-0.05, 0) is 66.8 Å². The summed E-state index contributed by atoms with van der Waals surface area (Å²) in [5.41, 5.74) is 0.826. The van der Waals surface area contributed by atoms with Crippen LogP contribution in [0.2, 0.25) is 5.02 Å². The number of carbonyl (C=O) groups excluding carboxylic acids is 3. The number of halogens is 1. The van der Waals surface area contributed by atoms with Crippen molar-refractivity contribution in [2.45, 2.75) is 6.42 Å². The minimum absolute atomic E-state index is 0.136. The molecule has 0 unspecified atom stereocenters. The Hall–Kier alpha value is -2.92. The fraction of sp³-hybridized carbons (Fsp3) is 0.227. The largest absolute Gasteiger partial charge is 0.423 e.